The lowest BCUT2D eigenvalue weighted by molar-refractivity contribution is 0.233. The fraction of sp³-hybridized carbons (Fsp3) is 0.417. The number of fused-ring (bicyclic) bond motifs is 1. The van der Waals surface area contributed by atoms with Crippen molar-refractivity contribution in [3.05, 3.63) is 57.6 Å². The first-order chi connectivity index (χ1) is 14.1. The number of nitriles is 1. The van der Waals surface area contributed by atoms with Crippen LogP contribution in [0.15, 0.2) is 30.3 Å². The molecule has 1 aromatic carbocycles. The molecule has 1 aromatic heterocycles. The largest absolute Gasteiger partial charge is 0.510 e. The Morgan fingerprint density at radius 2 is 2.14 bits per heavy atom. The minimum Gasteiger partial charge on any atom is -0.510 e. The SMILES string of the molecule is C/C=c1/ccc(OCCCCN2CCc3cc(C#N)ccc3C2)n/c1=C(\O)CC. The van der Waals surface area contributed by atoms with Crippen molar-refractivity contribution in [3.8, 4) is 11.9 Å². The fourth-order valence-corrected chi connectivity index (χ4v) is 3.65. The van der Waals surface area contributed by atoms with E-state index in [0.717, 1.165) is 49.7 Å². The zero-order chi connectivity index (χ0) is 20.6. The molecule has 1 N–H and O–H groups in total. The highest BCUT2D eigenvalue weighted by molar-refractivity contribution is 5.39. The van der Waals surface area contributed by atoms with E-state index in [1.807, 2.05) is 44.2 Å². The number of nitrogens with zero attached hydrogens (tertiary/aromatic N) is 3. The number of benzene rings is 1. The Balaban J connectivity index is 1.47. The van der Waals surface area contributed by atoms with E-state index in [0.29, 0.717) is 24.3 Å². The molecule has 5 nitrogen and oxygen atoms in total. The van der Waals surface area contributed by atoms with Crippen LogP contribution in [0, 0.1) is 11.3 Å². The quantitative estimate of drug-likeness (QED) is 0.735. The number of hydrogen-bond acceptors (Lipinski definition) is 5. The Morgan fingerprint density at radius 1 is 1.28 bits per heavy atom. The van der Waals surface area contributed by atoms with Gasteiger partial charge >= 0.3 is 0 Å². The standard InChI is InChI=1S/C24H29N3O2/c1-3-19-9-10-23(26-24(19)22(28)4-2)29-14-6-5-12-27-13-11-20-15-18(16-25)7-8-21(20)17-27/h3,7-10,15,28H,4-6,11-14,17H2,1-2H3/b19-3-,24-22-. The summed E-state index contributed by atoms with van der Waals surface area (Å²) in [5.74, 6) is 0.849. The molecule has 0 bridgehead atoms. The Kier molecular flexibility index (Phi) is 7.26. The molecule has 0 fully saturated rings. The zero-order valence-electron chi connectivity index (χ0n) is 17.3. The van der Waals surface area contributed by atoms with Crippen LogP contribution >= 0.6 is 0 Å². The summed E-state index contributed by atoms with van der Waals surface area (Å²) in [6.07, 6.45) is 5.51. The second-order valence-corrected chi connectivity index (χ2v) is 7.35. The maximum atomic E-state index is 10.1. The number of rotatable bonds is 7. The van der Waals surface area contributed by atoms with Gasteiger partial charge in [-0.05, 0) is 67.3 Å². The van der Waals surface area contributed by atoms with E-state index in [2.05, 4.69) is 22.0 Å². The molecule has 0 unspecified atom stereocenters. The minimum absolute atomic E-state index is 0.288. The molecule has 0 amide bonds. The van der Waals surface area contributed by atoms with Gasteiger partial charge in [0, 0.05) is 25.6 Å². The molecule has 0 atom stereocenters. The molecule has 5 heteroatoms. The van der Waals surface area contributed by atoms with Crippen molar-refractivity contribution in [2.45, 2.75) is 46.1 Å². The van der Waals surface area contributed by atoms with Crippen molar-refractivity contribution in [3.63, 3.8) is 0 Å². The van der Waals surface area contributed by atoms with E-state index in [-0.39, 0.29) is 5.76 Å². The second-order valence-electron chi connectivity index (χ2n) is 7.35. The van der Waals surface area contributed by atoms with E-state index < -0.39 is 0 Å². The predicted molar refractivity (Wildman–Crippen MR) is 115 cm³/mol. The third-order valence-electron chi connectivity index (χ3n) is 5.37. The van der Waals surface area contributed by atoms with E-state index >= 15 is 0 Å². The molecule has 152 valence electrons. The first kappa shape index (κ1) is 20.9. The molecule has 29 heavy (non-hydrogen) atoms. The highest BCUT2D eigenvalue weighted by Gasteiger charge is 2.16. The molecule has 0 saturated carbocycles. The molecule has 1 aliphatic rings. The van der Waals surface area contributed by atoms with Gasteiger partial charge in [0.2, 0.25) is 5.88 Å². The highest BCUT2D eigenvalue weighted by atomic mass is 16.5. The van der Waals surface area contributed by atoms with Gasteiger partial charge in [-0.2, -0.15) is 5.26 Å². The van der Waals surface area contributed by atoms with Gasteiger partial charge in [0.25, 0.3) is 0 Å². The molecule has 0 radical (unpaired) electrons. The number of aromatic nitrogens is 1. The number of aliphatic hydroxyl groups excluding tert-OH is 1. The summed E-state index contributed by atoms with van der Waals surface area (Å²) in [7, 11) is 0. The van der Waals surface area contributed by atoms with Gasteiger partial charge < -0.3 is 9.84 Å². The average Bonchev–Trinajstić information content (AvgIpc) is 2.77. The first-order valence-electron chi connectivity index (χ1n) is 10.4. The third-order valence-corrected chi connectivity index (χ3v) is 5.37. The van der Waals surface area contributed by atoms with Crippen LogP contribution in [0.2, 0.25) is 0 Å². The van der Waals surface area contributed by atoms with Crippen LogP contribution in [0.25, 0.3) is 11.8 Å². The van der Waals surface area contributed by atoms with Gasteiger partial charge in [-0.3, -0.25) is 4.90 Å². The van der Waals surface area contributed by atoms with Gasteiger partial charge in [-0.25, -0.2) is 4.98 Å². The topological polar surface area (TPSA) is 69.4 Å². The molecule has 1 aliphatic heterocycles. The Labute approximate surface area is 172 Å². The Morgan fingerprint density at radius 3 is 2.90 bits per heavy atom. The van der Waals surface area contributed by atoms with Crippen molar-refractivity contribution in [1.82, 2.24) is 9.88 Å². The van der Waals surface area contributed by atoms with Crippen LogP contribution in [-0.4, -0.2) is 34.7 Å². The zero-order valence-corrected chi connectivity index (χ0v) is 17.3. The van der Waals surface area contributed by atoms with E-state index in [1.54, 1.807) is 0 Å². The van der Waals surface area contributed by atoms with Crippen molar-refractivity contribution < 1.29 is 9.84 Å². The van der Waals surface area contributed by atoms with Crippen LogP contribution in [0.3, 0.4) is 0 Å². The first-order valence-corrected chi connectivity index (χ1v) is 10.4. The van der Waals surface area contributed by atoms with Crippen LogP contribution < -0.4 is 15.3 Å². The maximum absolute atomic E-state index is 10.1. The summed E-state index contributed by atoms with van der Waals surface area (Å²) in [5, 5.41) is 20.6. The van der Waals surface area contributed by atoms with Crippen LogP contribution in [0.5, 0.6) is 5.88 Å². The van der Waals surface area contributed by atoms with E-state index in [9.17, 15) is 5.11 Å². The summed E-state index contributed by atoms with van der Waals surface area (Å²) in [6, 6.07) is 12.0. The number of ether oxygens (including phenoxy) is 1. The lowest BCUT2D eigenvalue weighted by atomic mass is 9.97. The molecule has 0 spiro atoms. The van der Waals surface area contributed by atoms with Crippen molar-refractivity contribution in [2.24, 2.45) is 0 Å². The van der Waals surface area contributed by atoms with Crippen LogP contribution in [0.4, 0.5) is 0 Å². The summed E-state index contributed by atoms with van der Waals surface area (Å²) >= 11 is 0. The van der Waals surface area contributed by atoms with Gasteiger partial charge in [0.15, 0.2) is 0 Å². The summed E-state index contributed by atoms with van der Waals surface area (Å²) in [5.41, 5.74) is 3.40. The molecule has 0 aliphatic carbocycles. The fourth-order valence-electron chi connectivity index (χ4n) is 3.65. The summed E-state index contributed by atoms with van der Waals surface area (Å²) in [6.45, 7) is 7.49. The van der Waals surface area contributed by atoms with Gasteiger partial charge in [0.05, 0.1) is 18.2 Å². The summed E-state index contributed by atoms with van der Waals surface area (Å²) in [4.78, 5) is 6.93. The lowest BCUT2D eigenvalue weighted by Gasteiger charge is -2.28. The van der Waals surface area contributed by atoms with Crippen LogP contribution in [-0.2, 0) is 13.0 Å². The van der Waals surface area contributed by atoms with Gasteiger partial charge in [-0.15, -0.1) is 0 Å². The van der Waals surface area contributed by atoms with Crippen molar-refractivity contribution >= 4 is 11.8 Å². The lowest BCUT2D eigenvalue weighted by Crippen LogP contribution is -2.31. The molecular formula is C24H29N3O2. The minimum atomic E-state index is 0.288. The van der Waals surface area contributed by atoms with Crippen LogP contribution in [0.1, 0.15) is 49.8 Å². The average molecular weight is 392 g/mol. The second kappa shape index (κ2) is 10.1. The number of pyridine rings is 1. The molecular weight excluding hydrogens is 362 g/mol. The molecule has 2 aromatic rings. The Bertz CT molecular complexity index is 1010. The highest BCUT2D eigenvalue weighted by Crippen LogP contribution is 2.20. The van der Waals surface area contributed by atoms with E-state index in [1.165, 1.54) is 11.1 Å². The van der Waals surface area contributed by atoms with E-state index in [4.69, 9.17) is 10.00 Å². The predicted octanol–water partition coefficient (Wildman–Crippen LogP) is 3.05. The van der Waals surface area contributed by atoms with Crippen molar-refractivity contribution in [1.29, 1.82) is 5.26 Å². The Hall–Kier alpha value is -2.84. The normalized spacial score (nSPS) is 15.6. The molecule has 3 rings (SSSR count). The van der Waals surface area contributed by atoms with Gasteiger partial charge in [0.1, 0.15) is 11.1 Å². The van der Waals surface area contributed by atoms with Crippen molar-refractivity contribution in [2.75, 3.05) is 19.7 Å². The van der Waals surface area contributed by atoms with Gasteiger partial charge in [-0.1, -0.05) is 19.1 Å². The monoisotopic (exact) mass is 391 g/mol. The number of aliphatic hydroxyl groups is 1. The third kappa shape index (κ3) is 5.36. The molecule has 0 saturated heterocycles. The molecule has 2 heterocycles. The number of hydrogen-bond donors (Lipinski definition) is 1. The summed E-state index contributed by atoms with van der Waals surface area (Å²) < 4.78 is 5.81. The maximum Gasteiger partial charge on any atom is 0.213 e. The smallest absolute Gasteiger partial charge is 0.213 e. The number of unbranched alkanes of at least 4 members (excludes halogenated alkanes) is 1.